The third-order valence-corrected chi connectivity index (χ3v) is 8.82. The summed E-state index contributed by atoms with van der Waals surface area (Å²) in [6.07, 6.45) is 1.26. The lowest BCUT2D eigenvalue weighted by atomic mass is 10.1. The number of benzene rings is 5. The zero-order valence-electron chi connectivity index (χ0n) is 24.9. The molecule has 9 nitrogen and oxygen atoms in total. The lowest BCUT2D eigenvalue weighted by Gasteiger charge is -2.18. The van der Waals surface area contributed by atoms with E-state index in [1.807, 2.05) is 30.3 Å². The highest BCUT2D eigenvalue weighted by atomic mass is 35.5. The largest absolute Gasteiger partial charge is 0.325 e. The fourth-order valence-corrected chi connectivity index (χ4v) is 5.92. The van der Waals surface area contributed by atoms with Gasteiger partial charge in [-0.1, -0.05) is 89.9 Å². The predicted molar refractivity (Wildman–Crippen MR) is 190 cm³/mol. The minimum atomic E-state index is -0.712. The molecular formula is C36H26Cl2N4O5S. The summed E-state index contributed by atoms with van der Waals surface area (Å²) in [5.74, 6) is -1.59. The molecule has 0 aliphatic carbocycles. The molecule has 0 aromatic heterocycles. The first-order valence-electron chi connectivity index (χ1n) is 14.4. The molecule has 0 saturated heterocycles. The number of nitrogens with zero attached hydrogens (tertiary/aromatic N) is 1. The van der Waals surface area contributed by atoms with E-state index in [-0.39, 0.29) is 22.9 Å². The van der Waals surface area contributed by atoms with Crippen molar-refractivity contribution in [2.24, 2.45) is 0 Å². The van der Waals surface area contributed by atoms with Gasteiger partial charge in [-0.25, -0.2) is 0 Å². The average Bonchev–Trinajstić information content (AvgIpc) is 3.09. The van der Waals surface area contributed by atoms with Gasteiger partial charge in [-0.3, -0.25) is 24.5 Å². The van der Waals surface area contributed by atoms with Gasteiger partial charge in [-0.2, -0.15) is 0 Å². The van der Waals surface area contributed by atoms with E-state index in [0.717, 1.165) is 5.56 Å². The third-order valence-electron chi connectivity index (χ3n) is 6.84. The van der Waals surface area contributed by atoms with Crippen LogP contribution in [-0.4, -0.2) is 22.6 Å². The Morgan fingerprint density at radius 1 is 0.729 bits per heavy atom. The van der Waals surface area contributed by atoms with Gasteiger partial charge in [0.1, 0.15) is 10.9 Å². The zero-order chi connectivity index (χ0) is 34.0. The van der Waals surface area contributed by atoms with Crippen LogP contribution < -0.4 is 16.0 Å². The standard InChI is InChI=1S/C36H26Cl2N4O5S/c37-29-19-18-27(22-30(29)38)40-36(45)33(23-10-3-1-4-11-23)48-28-16-9-15-26(21-28)39-35(44)31(41-34(43)24-12-5-2-6-13-24)20-25-14-7-8-17-32(25)42(46)47/h1-22,33H,(H,39,44)(H,40,45)(H,41,43)/b31-20+. The number of hydrogen-bond acceptors (Lipinski definition) is 6. The van der Waals surface area contributed by atoms with Crippen molar-refractivity contribution in [3.8, 4) is 0 Å². The minimum Gasteiger partial charge on any atom is -0.325 e. The molecule has 5 aromatic rings. The monoisotopic (exact) mass is 696 g/mol. The Balaban J connectivity index is 1.41. The fraction of sp³-hybridized carbons (Fsp3) is 0.0278. The summed E-state index contributed by atoms with van der Waals surface area (Å²) >= 11 is 13.4. The molecule has 1 unspecified atom stereocenters. The number of nitro groups is 1. The van der Waals surface area contributed by atoms with Crippen LogP contribution in [0.2, 0.25) is 10.0 Å². The van der Waals surface area contributed by atoms with Crippen molar-refractivity contribution in [3.05, 3.63) is 170 Å². The summed E-state index contributed by atoms with van der Waals surface area (Å²) in [4.78, 5) is 52.0. The van der Waals surface area contributed by atoms with Crippen molar-refractivity contribution in [1.82, 2.24) is 5.32 Å². The van der Waals surface area contributed by atoms with Crippen LogP contribution in [0.5, 0.6) is 0 Å². The third kappa shape index (κ3) is 8.89. The SMILES string of the molecule is O=C(Nc1cccc(SC(C(=O)Nc2ccc(Cl)c(Cl)c2)c2ccccc2)c1)/C(=C\c1ccccc1[N+](=O)[O-])NC(=O)c1ccccc1. The van der Waals surface area contributed by atoms with E-state index >= 15 is 0 Å². The second-order valence-electron chi connectivity index (χ2n) is 10.2. The molecule has 240 valence electrons. The molecule has 48 heavy (non-hydrogen) atoms. The van der Waals surface area contributed by atoms with Gasteiger partial charge in [0.05, 0.1) is 20.5 Å². The molecule has 0 saturated carbocycles. The van der Waals surface area contributed by atoms with E-state index in [2.05, 4.69) is 16.0 Å². The Morgan fingerprint density at radius 2 is 1.40 bits per heavy atom. The van der Waals surface area contributed by atoms with Crippen LogP contribution >= 0.6 is 35.0 Å². The summed E-state index contributed by atoms with van der Waals surface area (Å²) in [6.45, 7) is 0. The highest BCUT2D eigenvalue weighted by Gasteiger charge is 2.23. The van der Waals surface area contributed by atoms with E-state index in [4.69, 9.17) is 23.2 Å². The fourth-order valence-electron chi connectivity index (χ4n) is 4.54. The molecule has 3 N–H and O–H groups in total. The van der Waals surface area contributed by atoms with Crippen molar-refractivity contribution >= 4 is 75.8 Å². The van der Waals surface area contributed by atoms with Crippen LogP contribution in [0.15, 0.2) is 138 Å². The molecule has 12 heteroatoms. The average molecular weight is 698 g/mol. The maximum atomic E-state index is 13.6. The van der Waals surface area contributed by atoms with Crippen LogP contribution in [0, 0.1) is 10.1 Å². The van der Waals surface area contributed by atoms with Crippen LogP contribution in [0.1, 0.15) is 26.7 Å². The first-order valence-corrected chi connectivity index (χ1v) is 16.0. The second kappa shape index (κ2) is 15.9. The van der Waals surface area contributed by atoms with Crippen molar-refractivity contribution in [2.45, 2.75) is 10.1 Å². The van der Waals surface area contributed by atoms with Crippen molar-refractivity contribution in [2.75, 3.05) is 10.6 Å². The van der Waals surface area contributed by atoms with Crippen molar-refractivity contribution < 1.29 is 19.3 Å². The zero-order valence-corrected chi connectivity index (χ0v) is 27.3. The Bertz CT molecular complexity index is 2010. The van der Waals surface area contributed by atoms with Gasteiger partial charge < -0.3 is 16.0 Å². The molecule has 1 atom stereocenters. The number of amides is 3. The summed E-state index contributed by atoms with van der Waals surface area (Å²) in [5, 5.41) is 19.9. The Labute approximate surface area is 290 Å². The molecule has 0 heterocycles. The van der Waals surface area contributed by atoms with E-state index in [1.165, 1.54) is 36.0 Å². The van der Waals surface area contributed by atoms with Gasteiger partial charge in [0.25, 0.3) is 17.5 Å². The van der Waals surface area contributed by atoms with Gasteiger partial charge in [0.2, 0.25) is 5.91 Å². The maximum absolute atomic E-state index is 13.6. The Morgan fingerprint density at radius 3 is 2.10 bits per heavy atom. The van der Waals surface area contributed by atoms with Gasteiger partial charge >= 0.3 is 0 Å². The molecule has 0 bridgehead atoms. The molecule has 3 amide bonds. The molecule has 0 aliphatic rings. The number of nitro benzene ring substituents is 1. The minimum absolute atomic E-state index is 0.129. The summed E-state index contributed by atoms with van der Waals surface area (Å²) in [5.41, 5.74) is 1.57. The number of carbonyl (C=O) groups is 3. The molecule has 0 fully saturated rings. The molecule has 0 aliphatic heterocycles. The molecule has 0 spiro atoms. The molecular weight excluding hydrogens is 671 g/mol. The Hall–Kier alpha value is -5.42. The molecule has 5 rings (SSSR count). The Kier molecular flexibility index (Phi) is 11.3. The second-order valence-corrected chi connectivity index (χ2v) is 12.2. The van der Waals surface area contributed by atoms with Crippen LogP contribution in [0.3, 0.4) is 0 Å². The predicted octanol–water partition coefficient (Wildman–Crippen LogP) is 8.78. The number of para-hydroxylation sites is 1. The summed E-state index contributed by atoms with van der Waals surface area (Å²) < 4.78 is 0. The smallest absolute Gasteiger partial charge is 0.276 e. The van der Waals surface area contributed by atoms with E-state index in [0.29, 0.717) is 31.9 Å². The van der Waals surface area contributed by atoms with Gasteiger partial charge in [-0.15, -0.1) is 11.8 Å². The number of halogens is 2. The number of carbonyl (C=O) groups excluding carboxylic acids is 3. The number of thioether (sulfide) groups is 1. The first kappa shape index (κ1) is 33.9. The first-order chi connectivity index (χ1) is 23.2. The van der Waals surface area contributed by atoms with E-state index in [9.17, 15) is 24.5 Å². The van der Waals surface area contributed by atoms with Gasteiger partial charge in [-0.05, 0) is 66.2 Å². The lowest BCUT2D eigenvalue weighted by Crippen LogP contribution is -2.30. The highest BCUT2D eigenvalue weighted by Crippen LogP contribution is 2.37. The van der Waals surface area contributed by atoms with Crippen LogP contribution in [0.25, 0.3) is 6.08 Å². The highest BCUT2D eigenvalue weighted by molar-refractivity contribution is 8.00. The van der Waals surface area contributed by atoms with Crippen LogP contribution in [-0.2, 0) is 9.59 Å². The number of hydrogen-bond donors (Lipinski definition) is 3. The maximum Gasteiger partial charge on any atom is 0.276 e. The normalized spacial score (nSPS) is 11.7. The number of anilines is 2. The van der Waals surface area contributed by atoms with Crippen molar-refractivity contribution in [3.63, 3.8) is 0 Å². The molecule has 0 radical (unpaired) electrons. The van der Waals surface area contributed by atoms with E-state index < -0.39 is 22.0 Å². The molecule has 5 aromatic carbocycles. The number of nitrogens with one attached hydrogen (secondary N) is 3. The summed E-state index contributed by atoms with van der Waals surface area (Å²) in [7, 11) is 0. The quantitative estimate of drug-likeness (QED) is 0.0548. The summed E-state index contributed by atoms with van der Waals surface area (Å²) in [6, 6.07) is 35.0. The lowest BCUT2D eigenvalue weighted by molar-refractivity contribution is -0.385. The van der Waals surface area contributed by atoms with Crippen LogP contribution in [0.4, 0.5) is 17.1 Å². The van der Waals surface area contributed by atoms with Gasteiger partial charge in [0.15, 0.2) is 0 Å². The van der Waals surface area contributed by atoms with Crippen molar-refractivity contribution in [1.29, 1.82) is 0 Å². The van der Waals surface area contributed by atoms with E-state index in [1.54, 1.807) is 78.9 Å². The topological polar surface area (TPSA) is 130 Å². The van der Waals surface area contributed by atoms with Gasteiger partial charge in [0, 0.05) is 27.9 Å². The number of rotatable bonds is 11.